The van der Waals surface area contributed by atoms with E-state index in [-0.39, 0.29) is 24.9 Å². The van der Waals surface area contributed by atoms with Gasteiger partial charge in [-0.2, -0.15) is 0 Å². The van der Waals surface area contributed by atoms with Gasteiger partial charge in [0.2, 0.25) is 11.8 Å². The SMILES string of the molecule is O=C1CN(Cc2cc(F)ccc2Cl)C(=O)C2(CCCC2)N1. The molecule has 0 unspecified atom stereocenters. The molecular formula is C15H16ClFN2O2. The third kappa shape index (κ3) is 2.62. The van der Waals surface area contributed by atoms with E-state index in [1.54, 1.807) is 0 Å². The van der Waals surface area contributed by atoms with Crippen molar-refractivity contribution in [3.8, 4) is 0 Å². The lowest BCUT2D eigenvalue weighted by Gasteiger charge is -2.39. The number of nitrogens with one attached hydrogen (secondary N) is 1. The average Bonchev–Trinajstić information content (AvgIpc) is 2.89. The van der Waals surface area contributed by atoms with Crippen LogP contribution in [0.5, 0.6) is 0 Å². The van der Waals surface area contributed by atoms with Crippen LogP contribution < -0.4 is 5.32 Å². The number of carbonyl (C=O) groups excluding carboxylic acids is 2. The minimum Gasteiger partial charge on any atom is -0.340 e. The Morgan fingerprint density at radius 2 is 2.00 bits per heavy atom. The maximum atomic E-state index is 13.3. The van der Waals surface area contributed by atoms with Crippen molar-refractivity contribution in [2.45, 2.75) is 37.8 Å². The van der Waals surface area contributed by atoms with Crippen molar-refractivity contribution in [3.63, 3.8) is 0 Å². The summed E-state index contributed by atoms with van der Waals surface area (Å²) in [5.41, 5.74) is -0.234. The predicted molar refractivity (Wildman–Crippen MR) is 76.2 cm³/mol. The smallest absolute Gasteiger partial charge is 0.249 e. The molecule has 1 aliphatic heterocycles. The van der Waals surface area contributed by atoms with E-state index in [9.17, 15) is 14.0 Å². The summed E-state index contributed by atoms with van der Waals surface area (Å²) in [6.45, 7) is 0.151. The summed E-state index contributed by atoms with van der Waals surface area (Å²) in [5, 5.41) is 3.24. The lowest BCUT2D eigenvalue weighted by Crippen LogP contribution is -2.65. The summed E-state index contributed by atoms with van der Waals surface area (Å²) in [6.07, 6.45) is 3.21. The highest BCUT2D eigenvalue weighted by molar-refractivity contribution is 6.31. The molecular weight excluding hydrogens is 295 g/mol. The van der Waals surface area contributed by atoms with Crippen LogP contribution in [-0.2, 0) is 16.1 Å². The summed E-state index contributed by atoms with van der Waals surface area (Å²) >= 11 is 6.05. The Morgan fingerprint density at radius 3 is 2.71 bits per heavy atom. The third-order valence-corrected chi connectivity index (χ3v) is 4.60. The number of benzene rings is 1. The van der Waals surface area contributed by atoms with Crippen LogP contribution in [0.2, 0.25) is 5.02 Å². The molecule has 4 nitrogen and oxygen atoms in total. The van der Waals surface area contributed by atoms with Crippen LogP contribution in [0.1, 0.15) is 31.2 Å². The van der Waals surface area contributed by atoms with Crippen LogP contribution in [0.15, 0.2) is 18.2 Å². The van der Waals surface area contributed by atoms with Gasteiger partial charge in [-0.1, -0.05) is 24.4 Å². The Hall–Kier alpha value is -1.62. The Bertz CT molecular complexity index is 599. The monoisotopic (exact) mass is 310 g/mol. The molecule has 0 bridgehead atoms. The molecule has 1 aromatic rings. The molecule has 1 N–H and O–H groups in total. The zero-order valence-electron chi connectivity index (χ0n) is 11.5. The van der Waals surface area contributed by atoms with Gasteiger partial charge in [-0.3, -0.25) is 9.59 Å². The van der Waals surface area contributed by atoms with Gasteiger partial charge in [0.15, 0.2) is 0 Å². The Morgan fingerprint density at radius 1 is 1.29 bits per heavy atom. The van der Waals surface area contributed by atoms with E-state index in [2.05, 4.69) is 5.32 Å². The van der Waals surface area contributed by atoms with Crippen LogP contribution in [0.25, 0.3) is 0 Å². The molecule has 0 radical (unpaired) electrons. The highest BCUT2D eigenvalue weighted by atomic mass is 35.5. The van der Waals surface area contributed by atoms with Gasteiger partial charge in [-0.15, -0.1) is 0 Å². The first-order valence-corrected chi connectivity index (χ1v) is 7.42. The number of piperazine rings is 1. The second kappa shape index (κ2) is 5.30. The molecule has 0 atom stereocenters. The van der Waals surface area contributed by atoms with Gasteiger partial charge >= 0.3 is 0 Å². The van der Waals surface area contributed by atoms with E-state index in [1.807, 2.05) is 0 Å². The number of hydrogen-bond acceptors (Lipinski definition) is 2. The Kier molecular flexibility index (Phi) is 3.61. The summed E-state index contributed by atoms with van der Waals surface area (Å²) < 4.78 is 13.3. The molecule has 1 spiro atoms. The zero-order chi connectivity index (χ0) is 15.0. The lowest BCUT2D eigenvalue weighted by molar-refractivity contribution is -0.150. The molecule has 2 aliphatic rings. The van der Waals surface area contributed by atoms with Gasteiger partial charge < -0.3 is 10.2 Å². The quantitative estimate of drug-likeness (QED) is 0.911. The second-order valence-electron chi connectivity index (χ2n) is 5.73. The topological polar surface area (TPSA) is 49.4 Å². The standard InChI is InChI=1S/C15H16ClFN2O2/c16-12-4-3-11(17)7-10(12)8-19-9-13(20)18-15(14(19)21)5-1-2-6-15/h3-4,7H,1-2,5-6,8-9H2,(H,18,20). The van der Waals surface area contributed by atoms with Crippen LogP contribution in [0.4, 0.5) is 4.39 Å². The van der Waals surface area contributed by atoms with Crippen molar-refractivity contribution in [2.75, 3.05) is 6.54 Å². The molecule has 2 amide bonds. The average molecular weight is 311 g/mol. The lowest BCUT2D eigenvalue weighted by atomic mass is 9.93. The summed E-state index contributed by atoms with van der Waals surface area (Å²) in [5.74, 6) is -0.650. The van der Waals surface area contributed by atoms with Crippen molar-refractivity contribution < 1.29 is 14.0 Å². The fourth-order valence-electron chi connectivity index (χ4n) is 3.22. The van der Waals surface area contributed by atoms with Gasteiger partial charge in [0, 0.05) is 11.6 Å². The normalized spacial score (nSPS) is 21.0. The fraction of sp³-hybridized carbons (Fsp3) is 0.467. The molecule has 3 rings (SSSR count). The van der Waals surface area contributed by atoms with E-state index >= 15 is 0 Å². The number of nitrogens with zero attached hydrogens (tertiary/aromatic N) is 1. The molecule has 1 aliphatic carbocycles. The van der Waals surface area contributed by atoms with Crippen LogP contribution >= 0.6 is 11.6 Å². The minimum atomic E-state index is -0.755. The van der Waals surface area contributed by atoms with Crippen molar-refractivity contribution in [3.05, 3.63) is 34.6 Å². The minimum absolute atomic E-state index is 0.00652. The van der Waals surface area contributed by atoms with Crippen LogP contribution in [0, 0.1) is 5.82 Å². The summed E-state index contributed by atoms with van der Waals surface area (Å²) in [4.78, 5) is 26.1. The summed E-state index contributed by atoms with van der Waals surface area (Å²) in [7, 11) is 0. The number of amides is 2. The number of carbonyl (C=O) groups is 2. The molecule has 21 heavy (non-hydrogen) atoms. The first-order valence-electron chi connectivity index (χ1n) is 7.04. The number of rotatable bonds is 2. The van der Waals surface area contributed by atoms with E-state index in [4.69, 9.17) is 11.6 Å². The zero-order valence-corrected chi connectivity index (χ0v) is 12.3. The first-order chi connectivity index (χ1) is 10.00. The predicted octanol–water partition coefficient (Wildman–Crippen LogP) is 2.25. The van der Waals surface area contributed by atoms with Gasteiger partial charge in [-0.25, -0.2) is 4.39 Å². The van der Waals surface area contributed by atoms with Crippen molar-refractivity contribution in [2.24, 2.45) is 0 Å². The van der Waals surface area contributed by atoms with Crippen LogP contribution in [0.3, 0.4) is 0 Å². The molecule has 1 heterocycles. The Labute approximate surface area is 127 Å². The maximum absolute atomic E-state index is 13.3. The van der Waals surface area contributed by atoms with Gasteiger partial charge in [-0.05, 0) is 36.6 Å². The number of hydrogen-bond donors (Lipinski definition) is 1. The molecule has 1 saturated carbocycles. The third-order valence-electron chi connectivity index (χ3n) is 4.24. The molecule has 1 saturated heterocycles. The van der Waals surface area contributed by atoms with Gasteiger partial charge in [0.25, 0.3) is 0 Å². The largest absolute Gasteiger partial charge is 0.340 e. The van der Waals surface area contributed by atoms with Crippen molar-refractivity contribution >= 4 is 23.4 Å². The van der Waals surface area contributed by atoms with E-state index in [0.29, 0.717) is 23.4 Å². The second-order valence-corrected chi connectivity index (χ2v) is 6.14. The maximum Gasteiger partial charge on any atom is 0.249 e. The molecule has 1 aromatic carbocycles. The summed E-state index contributed by atoms with van der Waals surface area (Å²) in [6, 6.07) is 4.05. The van der Waals surface area contributed by atoms with Gasteiger partial charge in [0.1, 0.15) is 11.4 Å². The van der Waals surface area contributed by atoms with E-state index in [1.165, 1.54) is 23.1 Å². The highest BCUT2D eigenvalue weighted by Crippen LogP contribution is 2.34. The highest BCUT2D eigenvalue weighted by Gasteiger charge is 2.48. The van der Waals surface area contributed by atoms with Gasteiger partial charge in [0.05, 0.1) is 6.54 Å². The van der Waals surface area contributed by atoms with Crippen molar-refractivity contribution in [1.29, 1.82) is 0 Å². The van der Waals surface area contributed by atoms with E-state index < -0.39 is 11.4 Å². The molecule has 0 aromatic heterocycles. The molecule has 2 fully saturated rings. The number of halogens is 2. The Balaban J connectivity index is 1.85. The van der Waals surface area contributed by atoms with Crippen molar-refractivity contribution in [1.82, 2.24) is 10.2 Å². The fourth-order valence-corrected chi connectivity index (χ4v) is 3.40. The molecule has 6 heteroatoms. The van der Waals surface area contributed by atoms with Crippen LogP contribution in [-0.4, -0.2) is 28.8 Å². The first kappa shape index (κ1) is 14.3. The van der Waals surface area contributed by atoms with E-state index in [0.717, 1.165) is 12.8 Å². The molecule has 112 valence electrons.